The molecule has 0 fully saturated rings. The first kappa shape index (κ1) is 12.0. The highest BCUT2D eigenvalue weighted by Crippen LogP contribution is 2.26. The van der Waals surface area contributed by atoms with E-state index in [9.17, 15) is 13.2 Å². The Morgan fingerprint density at radius 3 is 2.20 bits per heavy atom. The minimum absolute atomic E-state index is 0.0640. The zero-order chi connectivity index (χ0) is 11.6. The summed E-state index contributed by atoms with van der Waals surface area (Å²) in [7, 11) is 0. The van der Waals surface area contributed by atoms with Crippen LogP contribution in [0.15, 0.2) is 12.1 Å². The minimum Gasteiger partial charge on any atom is -0.395 e. The summed E-state index contributed by atoms with van der Waals surface area (Å²) in [4.78, 5) is 0. The summed E-state index contributed by atoms with van der Waals surface area (Å²) in [5.41, 5.74) is 4.15. The number of aliphatic hydroxyl groups excluding tert-OH is 1. The average molecular weight is 219 g/mol. The summed E-state index contributed by atoms with van der Waals surface area (Å²) >= 11 is 0. The molecule has 15 heavy (non-hydrogen) atoms. The van der Waals surface area contributed by atoms with E-state index in [0.29, 0.717) is 6.07 Å². The molecule has 0 heterocycles. The largest absolute Gasteiger partial charge is 0.395 e. The highest BCUT2D eigenvalue weighted by atomic mass is 19.2. The quantitative estimate of drug-likeness (QED) is 0.753. The van der Waals surface area contributed by atoms with Gasteiger partial charge in [0, 0.05) is 23.6 Å². The molecule has 0 aliphatic heterocycles. The summed E-state index contributed by atoms with van der Waals surface area (Å²) in [5, 5.41) is 9.06. The molecular formula is C10H12F3NO. The Morgan fingerprint density at radius 2 is 1.73 bits per heavy atom. The van der Waals surface area contributed by atoms with Gasteiger partial charge in [-0.05, 0) is 6.07 Å². The minimum atomic E-state index is -1.26. The molecule has 0 saturated heterocycles. The highest BCUT2D eigenvalue weighted by molar-refractivity contribution is 5.28. The summed E-state index contributed by atoms with van der Waals surface area (Å²) < 4.78 is 38.9. The maximum atomic E-state index is 13.3. The lowest BCUT2D eigenvalue weighted by molar-refractivity contribution is 0.206. The average Bonchev–Trinajstić information content (AvgIpc) is 2.22. The SMILES string of the molecule is CC(CN)(CO)c1cc(F)c(F)cc1F. The standard InChI is InChI=1S/C10H12F3NO/c1-10(4-14,5-15)6-2-8(12)9(13)3-7(6)11/h2-3,15H,4-5,14H2,1H3. The lowest BCUT2D eigenvalue weighted by atomic mass is 9.83. The monoisotopic (exact) mass is 219 g/mol. The van der Waals surface area contributed by atoms with Gasteiger partial charge < -0.3 is 10.8 Å². The number of hydrogen-bond acceptors (Lipinski definition) is 2. The van der Waals surface area contributed by atoms with Crippen LogP contribution in [0.1, 0.15) is 12.5 Å². The molecule has 0 saturated carbocycles. The first-order chi connectivity index (χ1) is 6.94. The third-order valence-electron chi connectivity index (χ3n) is 2.46. The van der Waals surface area contributed by atoms with E-state index in [0.717, 1.165) is 6.07 Å². The van der Waals surface area contributed by atoms with Crippen molar-refractivity contribution < 1.29 is 18.3 Å². The van der Waals surface area contributed by atoms with Gasteiger partial charge in [-0.15, -0.1) is 0 Å². The molecular weight excluding hydrogens is 207 g/mol. The van der Waals surface area contributed by atoms with E-state index in [1.165, 1.54) is 6.92 Å². The molecule has 84 valence electrons. The van der Waals surface area contributed by atoms with Gasteiger partial charge in [0.15, 0.2) is 11.6 Å². The number of aliphatic hydroxyl groups is 1. The van der Waals surface area contributed by atoms with Crippen LogP contribution in [0, 0.1) is 17.5 Å². The summed E-state index contributed by atoms with van der Waals surface area (Å²) in [5.74, 6) is -3.32. The second kappa shape index (κ2) is 4.20. The zero-order valence-corrected chi connectivity index (χ0v) is 8.23. The second-order valence-corrected chi connectivity index (χ2v) is 3.67. The first-order valence-electron chi connectivity index (χ1n) is 4.40. The Kier molecular flexibility index (Phi) is 3.36. The fourth-order valence-electron chi connectivity index (χ4n) is 1.24. The molecule has 3 N–H and O–H groups in total. The van der Waals surface area contributed by atoms with Crippen molar-refractivity contribution in [1.29, 1.82) is 0 Å². The Balaban J connectivity index is 3.30. The number of nitrogens with two attached hydrogens (primary N) is 1. The van der Waals surface area contributed by atoms with Gasteiger partial charge in [0.2, 0.25) is 0 Å². The van der Waals surface area contributed by atoms with Crippen molar-refractivity contribution in [3.63, 3.8) is 0 Å². The molecule has 0 spiro atoms. The molecule has 0 aliphatic rings. The van der Waals surface area contributed by atoms with Crippen LogP contribution < -0.4 is 5.73 Å². The molecule has 0 amide bonds. The van der Waals surface area contributed by atoms with Gasteiger partial charge in [-0.1, -0.05) is 6.92 Å². The van der Waals surface area contributed by atoms with E-state index in [4.69, 9.17) is 10.8 Å². The number of benzene rings is 1. The Bertz CT molecular complexity index is 364. The van der Waals surface area contributed by atoms with Crippen LogP contribution in [0.2, 0.25) is 0 Å². The van der Waals surface area contributed by atoms with Crippen molar-refractivity contribution in [3.8, 4) is 0 Å². The van der Waals surface area contributed by atoms with Crippen LogP contribution in [0.4, 0.5) is 13.2 Å². The maximum absolute atomic E-state index is 13.3. The number of rotatable bonds is 3. The molecule has 0 aromatic heterocycles. The van der Waals surface area contributed by atoms with Crippen molar-refractivity contribution in [2.45, 2.75) is 12.3 Å². The van der Waals surface area contributed by atoms with E-state index in [-0.39, 0.29) is 12.1 Å². The number of halogens is 3. The lowest BCUT2D eigenvalue weighted by Gasteiger charge is -2.26. The van der Waals surface area contributed by atoms with E-state index < -0.39 is 29.5 Å². The van der Waals surface area contributed by atoms with Crippen LogP contribution in [0.3, 0.4) is 0 Å². The van der Waals surface area contributed by atoms with Gasteiger partial charge in [-0.25, -0.2) is 13.2 Å². The Hall–Kier alpha value is -1.07. The van der Waals surface area contributed by atoms with Crippen LogP contribution in [0.25, 0.3) is 0 Å². The Labute approximate surface area is 85.5 Å². The van der Waals surface area contributed by atoms with Gasteiger partial charge in [0.1, 0.15) is 5.82 Å². The van der Waals surface area contributed by atoms with Crippen LogP contribution in [-0.4, -0.2) is 18.3 Å². The third-order valence-corrected chi connectivity index (χ3v) is 2.46. The van der Waals surface area contributed by atoms with Crippen molar-refractivity contribution in [2.24, 2.45) is 5.73 Å². The van der Waals surface area contributed by atoms with E-state index in [1.807, 2.05) is 0 Å². The summed E-state index contributed by atoms with van der Waals surface area (Å²) in [6, 6.07) is 1.18. The van der Waals surface area contributed by atoms with Gasteiger partial charge in [0.05, 0.1) is 6.61 Å². The number of hydrogen-bond donors (Lipinski definition) is 2. The lowest BCUT2D eigenvalue weighted by Crippen LogP contribution is -2.36. The molecule has 1 aromatic rings. The van der Waals surface area contributed by atoms with Crippen molar-refractivity contribution in [3.05, 3.63) is 35.1 Å². The van der Waals surface area contributed by atoms with E-state index in [2.05, 4.69) is 0 Å². The maximum Gasteiger partial charge on any atom is 0.161 e. The predicted octanol–water partition coefficient (Wildman–Crippen LogP) is 1.31. The fraction of sp³-hybridized carbons (Fsp3) is 0.400. The van der Waals surface area contributed by atoms with Gasteiger partial charge in [0.25, 0.3) is 0 Å². The molecule has 2 nitrogen and oxygen atoms in total. The molecule has 5 heteroatoms. The molecule has 0 aliphatic carbocycles. The van der Waals surface area contributed by atoms with Crippen LogP contribution in [-0.2, 0) is 5.41 Å². The zero-order valence-electron chi connectivity index (χ0n) is 8.23. The fourth-order valence-corrected chi connectivity index (χ4v) is 1.24. The molecule has 0 bridgehead atoms. The van der Waals surface area contributed by atoms with Gasteiger partial charge in [-0.3, -0.25) is 0 Å². The Morgan fingerprint density at radius 1 is 1.20 bits per heavy atom. The molecule has 1 unspecified atom stereocenters. The molecule has 1 atom stereocenters. The third kappa shape index (κ3) is 2.13. The van der Waals surface area contributed by atoms with E-state index in [1.54, 1.807) is 0 Å². The predicted molar refractivity (Wildman–Crippen MR) is 49.8 cm³/mol. The van der Waals surface area contributed by atoms with Crippen LogP contribution in [0.5, 0.6) is 0 Å². The smallest absolute Gasteiger partial charge is 0.161 e. The second-order valence-electron chi connectivity index (χ2n) is 3.67. The first-order valence-corrected chi connectivity index (χ1v) is 4.40. The van der Waals surface area contributed by atoms with Crippen molar-refractivity contribution in [1.82, 2.24) is 0 Å². The highest BCUT2D eigenvalue weighted by Gasteiger charge is 2.28. The van der Waals surface area contributed by atoms with Gasteiger partial charge >= 0.3 is 0 Å². The topological polar surface area (TPSA) is 46.2 Å². The van der Waals surface area contributed by atoms with Crippen LogP contribution >= 0.6 is 0 Å². The molecule has 1 aromatic carbocycles. The van der Waals surface area contributed by atoms with E-state index >= 15 is 0 Å². The normalized spacial score (nSPS) is 15.1. The summed E-state index contributed by atoms with van der Waals surface area (Å²) in [6.45, 7) is 0.972. The molecule has 0 radical (unpaired) electrons. The van der Waals surface area contributed by atoms with Crippen molar-refractivity contribution >= 4 is 0 Å². The summed E-state index contributed by atoms with van der Waals surface area (Å²) in [6.07, 6.45) is 0. The molecule has 1 rings (SSSR count). The van der Waals surface area contributed by atoms with Gasteiger partial charge in [-0.2, -0.15) is 0 Å². The van der Waals surface area contributed by atoms with Crippen molar-refractivity contribution in [2.75, 3.05) is 13.2 Å².